The van der Waals surface area contributed by atoms with Crippen LogP contribution >= 0.6 is 12.6 Å². The predicted molar refractivity (Wildman–Crippen MR) is 78.2 cm³/mol. The minimum atomic E-state index is -3.16. The van der Waals surface area contributed by atoms with Gasteiger partial charge in [0.25, 0.3) is 5.91 Å². The second-order valence-electron chi connectivity index (χ2n) is 4.28. The predicted octanol–water partition coefficient (Wildman–Crippen LogP) is 0.953. The molecule has 106 valence electrons. The largest absolute Gasteiger partial charge is 0.352 e. The van der Waals surface area contributed by atoms with Crippen molar-refractivity contribution >= 4 is 28.6 Å². The van der Waals surface area contributed by atoms with Gasteiger partial charge < -0.3 is 5.32 Å². The fraction of sp³-hybridized carbons (Fsp3) is 0.417. The molecule has 0 bridgehead atoms. The number of benzene rings is 1. The number of carbonyl (C=O) groups is 1. The molecule has 1 rings (SSSR count). The Morgan fingerprint density at radius 3 is 2.63 bits per heavy atom. The molecule has 0 unspecified atom stereocenters. The lowest BCUT2D eigenvalue weighted by molar-refractivity contribution is 0.0952. The molecule has 0 fully saturated rings. The highest BCUT2D eigenvalue weighted by atomic mass is 32.2. The van der Waals surface area contributed by atoms with Crippen molar-refractivity contribution in [3.8, 4) is 0 Å². The van der Waals surface area contributed by atoms with Crippen molar-refractivity contribution in [3.63, 3.8) is 0 Å². The molecule has 0 saturated heterocycles. The summed E-state index contributed by atoms with van der Waals surface area (Å²) >= 11 is 4.20. The highest BCUT2D eigenvalue weighted by Gasteiger charge is 2.08. The van der Waals surface area contributed by atoms with Gasteiger partial charge in [-0.15, -0.1) is 12.6 Å². The molecule has 0 spiro atoms. The SMILES string of the molecule is Cc1ccc(S)cc1C(=O)NCCCNS(C)(=O)=O. The molecule has 0 aliphatic rings. The first-order valence-electron chi connectivity index (χ1n) is 5.82. The lowest BCUT2D eigenvalue weighted by Crippen LogP contribution is -2.29. The first kappa shape index (κ1) is 16.0. The highest BCUT2D eigenvalue weighted by molar-refractivity contribution is 7.88. The Balaban J connectivity index is 2.42. The van der Waals surface area contributed by atoms with E-state index in [1.807, 2.05) is 19.1 Å². The molecule has 1 amide bonds. The second-order valence-corrected chi connectivity index (χ2v) is 6.62. The van der Waals surface area contributed by atoms with Gasteiger partial charge in [-0.05, 0) is 31.0 Å². The molecule has 2 N–H and O–H groups in total. The van der Waals surface area contributed by atoms with Crippen molar-refractivity contribution in [1.29, 1.82) is 0 Å². The van der Waals surface area contributed by atoms with E-state index in [1.54, 1.807) is 6.07 Å². The minimum absolute atomic E-state index is 0.173. The van der Waals surface area contributed by atoms with E-state index in [0.29, 0.717) is 25.1 Å². The van der Waals surface area contributed by atoms with Gasteiger partial charge in [0.15, 0.2) is 0 Å². The molecular weight excluding hydrogens is 284 g/mol. The molecule has 0 aromatic heterocycles. The van der Waals surface area contributed by atoms with E-state index in [1.165, 1.54) is 0 Å². The number of aryl methyl sites for hydroxylation is 1. The van der Waals surface area contributed by atoms with Gasteiger partial charge >= 0.3 is 0 Å². The van der Waals surface area contributed by atoms with Crippen LogP contribution in [0, 0.1) is 6.92 Å². The molecule has 1 aromatic carbocycles. The van der Waals surface area contributed by atoms with Crippen LogP contribution in [0.1, 0.15) is 22.3 Å². The number of hydrogen-bond donors (Lipinski definition) is 3. The maximum Gasteiger partial charge on any atom is 0.251 e. The molecule has 0 heterocycles. The van der Waals surface area contributed by atoms with E-state index in [0.717, 1.165) is 16.7 Å². The fourth-order valence-corrected chi connectivity index (χ4v) is 2.22. The number of rotatable bonds is 6. The summed E-state index contributed by atoms with van der Waals surface area (Å²) in [4.78, 5) is 12.6. The van der Waals surface area contributed by atoms with Crippen molar-refractivity contribution in [2.45, 2.75) is 18.2 Å². The number of thiol groups is 1. The maximum absolute atomic E-state index is 11.9. The third kappa shape index (κ3) is 6.09. The van der Waals surface area contributed by atoms with Gasteiger partial charge in [-0.3, -0.25) is 4.79 Å². The van der Waals surface area contributed by atoms with Gasteiger partial charge in [0.2, 0.25) is 10.0 Å². The molecule has 0 aliphatic heterocycles. The number of carbonyl (C=O) groups excluding carboxylic acids is 1. The molecule has 0 radical (unpaired) electrons. The van der Waals surface area contributed by atoms with Crippen molar-refractivity contribution in [2.75, 3.05) is 19.3 Å². The van der Waals surface area contributed by atoms with E-state index in [9.17, 15) is 13.2 Å². The average Bonchev–Trinajstić information content (AvgIpc) is 2.30. The van der Waals surface area contributed by atoms with E-state index in [-0.39, 0.29) is 5.91 Å². The van der Waals surface area contributed by atoms with Gasteiger partial charge in [-0.25, -0.2) is 13.1 Å². The van der Waals surface area contributed by atoms with Crippen LogP contribution in [0.5, 0.6) is 0 Å². The zero-order valence-corrected chi connectivity index (χ0v) is 12.6. The molecule has 5 nitrogen and oxygen atoms in total. The van der Waals surface area contributed by atoms with Crippen LogP contribution in [0.3, 0.4) is 0 Å². The Bertz CT molecular complexity index is 556. The highest BCUT2D eigenvalue weighted by Crippen LogP contribution is 2.13. The topological polar surface area (TPSA) is 75.3 Å². The van der Waals surface area contributed by atoms with Crippen LogP contribution in [-0.4, -0.2) is 33.7 Å². The van der Waals surface area contributed by atoms with Crippen LogP contribution in [0.4, 0.5) is 0 Å². The molecule has 1 aromatic rings. The lowest BCUT2D eigenvalue weighted by atomic mass is 10.1. The van der Waals surface area contributed by atoms with Crippen molar-refractivity contribution in [3.05, 3.63) is 29.3 Å². The molecule has 19 heavy (non-hydrogen) atoms. The van der Waals surface area contributed by atoms with Crippen LogP contribution in [0.15, 0.2) is 23.1 Å². The van der Waals surface area contributed by atoms with E-state index in [2.05, 4.69) is 22.7 Å². The van der Waals surface area contributed by atoms with Crippen LogP contribution in [-0.2, 0) is 10.0 Å². The quantitative estimate of drug-likeness (QED) is 0.541. The van der Waals surface area contributed by atoms with Crippen LogP contribution in [0.25, 0.3) is 0 Å². The summed E-state index contributed by atoms with van der Waals surface area (Å²) < 4.78 is 24.0. The first-order chi connectivity index (χ1) is 8.79. The summed E-state index contributed by atoms with van der Waals surface area (Å²) in [6.45, 7) is 2.58. The van der Waals surface area contributed by atoms with E-state index >= 15 is 0 Å². The molecule has 0 saturated carbocycles. The molecule has 0 aliphatic carbocycles. The third-order valence-corrected chi connectivity index (χ3v) is 3.48. The summed E-state index contributed by atoms with van der Waals surface area (Å²) in [5.41, 5.74) is 1.47. The minimum Gasteiger partial charge on any atom is -0.352 e. The van der Waals surface area contributed by atoms with Gasteiger partial charge in [-0.1, -0.05) is 6.07 Å². The third-order valence-electron chi connectivity index (χ3n) is 2.47. The Morgan fingerprint density at radius 1 is 1.32 bits per heavy atom. The van der Waals surface area contributed by atoms with Crippen molar-refractivity contribution in [1.82, 2.24) is 10.0 Å². The summed E-state index contributed by atoms with van der Waals surface area (Å²) in [5.74, 6) is -0.173. The van der Waals surface area contributed by atoms with Gasteiger partial charge in [0, 0.05) is 23.5 Å². The monoisotopic (exact) mass is 302 g/mol. The zero-order valence-electron chi connectivity index (χ0n) is 10.9. The number of nitrogens with one attached hydrogen (secondary N) is 2. The van der Waals surface area contributed by atoms with Gasteiger partial charge in [0.1, 0.15) is 0 Å². The second kappa shape index (κ2) is 6.93. The van der Waals surface area contributed by atoms with E-state index < -0.39 is 10.0 Å². The first-order valence-corrected chi connectivity index (χ1v) is 8.16. The summed E-state index contributed by atoms with van der Waals surface area (Å²) in [6.07, 6.45) is 1.64. The summed E-state index contributed by atoms with van der Waals surface area (Å²) in [5, 5.41) is 2.75. The molecular formula is C12H18N2O3S2. The van der Waals surface area contributed by atoms with Crippen molar-refractivity contribution in [2.24, 2.45) is 0 Å². The Hall–Kier alpha value is -1.05. The van der Waals surface area contributed by atoms with Crippen molar-refractivity contribution < 1.29 is 13.2 Å². The normalized spacial score (nSPS) is 11.3. The summed E-state index contributed by atoms with van der Waals surface area (Å²) in [6, 6.07) is 5.37. The Kier molecular flexibility index (Phi) is 5.84. The van der Waals surface area contributed by atoms with Crippen LogP contribution in [0.2, 0.25) is 0 Å². The number of sulfonamides is 1. The maximum atomic E-state index is 11.9. The molecule has 0 atom stereocenters. The fourth-order valence-electron chi connectivity index (χ4n) is 1.50. The standard InChI is InChI=1S/C12H18N2O3S2/c1-9-4-5-10(18)8-11(9)12(15)13-6-3-7-14-19(2,16)17/h4-5,8,14,18H,3,6-7H2,1-2H3,(H,13,15). The summed E-state index contributed by atoms with van der Waals surface area (Å²) in [7, 11) is -3.16. The Labute approximate surface area is 119 Å². The van der Waals surface area contributed by atoms with Crippen LogP contribution < -0.4 is 10.0 Å². The zero-order chi connectivity index (χ0) is 14.5. The average molecular weight is 302 g/mol. The molecule has 7 heteroatoms. The Morgan fingerprint density at radius 2 is 2.00 bits per heavy atom. The van der Waals surface area contributed by atoms with Gasteiger partial charge in [-0.2, -0.15) is 0 Å². The smallest absolute Gasteiger partial charge is 0.251 e. The van der Waals surface area contributed by atoms with E-state index in [4.69, 9.17) is 0 Å². The lowest BCUT2D eigenvalue weighted by Gasteiger charge is -2.08. The van der Waals surface area contributed by atoms with Gasteiger partial charge in [0.05, 0.1) is 6.26 Å². The number of amides is 1. The number of hydrogen-bond acceptors (Lipinski definition) is 4.